The first kappa shape index (κ1) is 17.2. The third-order valence-electron chi connectivity index (χ3n) is 3.03. The summed E-state index contributed by atoms with van der Waals surface area (Å²) in [5.74, 6) is 5.47. The molecule has 0 atom stereocenters. The highest BCUT2D eigenvalue weighted by Gasteiger charge is 2.07. The van der Waals surface area contributed by atoms with Gasteiger partial charge in [0.2, 0.25) is 0 Å². The van der Waals surface area contributed by atoms with Crippen LogP contribution in [0.4, 0.5) is 0 Å². The summed E-state index contributed by atoms with van der Waals surface area (Å²) in [6.07, 6.45) is 2.71. The molecule has 1 heterocycles. The van der Waals surface area contributed by atoms with E-state index in [1.54, 1.807) is 18.3 Å². The van der Waals surface area contributed by atoms with Gasteiger partial charge >= 0.3 is 0 Å². The lowest BCUT2D eigenvalue weighted by Gasteiger charge is -2.19. The molecular weight excluding hydrogens is 264 g/mol. The minimum Gasteiger partial charge on any atom is -0.349 e. The third kappa shape index (κ3) is 6.39. The number of amides is 1. The molecule has 1 amide bonds. The second kappa shape index (κ2) is 9.92. The number of hydrogen-bond donors (Lipinski definition) is 2. The maximum absolute atomic E-state index is 11.9. The molecule has 1 rings (SSSR count). The Morgan fingerprint density at radius 1 is 1.38 bits per heavy atom. The minimum absolute atomic E-state index is 0.152. The van der Waals surface area contributed by atoms with E-state index in [0.717, 1.165) is 31.6 Å². The number of nitrogens with one attached hydrogen (secondary N) is 1. The highest BCUT2D eigenvalue weighted by Crippen LogP contribution is 1.99. The zero-order chi connectivity index (χ0) is 15.5. The SMILES string of the molecule is CCCN(CC)CCNC(=O)c1ccc(C#CCN)cn1. The summed E-state index contributed by atoms with van der Waals surface area (Å²) >= 11 is 0. The second-order valence-corrected chi connectivity index (χ2v) is 4.63. The van der Waals surface area contributed by atoms with Crippen molar-refractivity contribution in [1.29, 1.82) is 0 Å². The van der Waals surface area contributed by atoms with E-state index in [-0.39, 0.29) is 5.91 Å². The normalized spacial score (nSPS) is 10.1. The van der Waals surface area contributed by atoms with Crippen molar-refractivity contribution in [3.05, 3.63) is 29.6 Å². The van der Waals surface area contributed by atoms with Gasteiger partial charge in [0, 0.05) is 24.8 Å². The Hall–Kier alpha value is -1.90. The zero-order valence-electron chi connectivity index (χ0n) is 12.9. The molecule has 1 aromatic rings. The lowest BCUT2D eigenvalue weighted by Crippen LogP contribution is -2.35. The van der Waals surface area contributed by atoms with Crippen LogP contribution in [0.3, 0.4) is 0 Å². The van der Waals surface area contributed by atoms with E-state index in [2.05, 4.69) is 40.9 Å². The molecule has 0 aliphatic heterocycles. The highest BCUT2D eigenvalue weighted by atomic mass is 16.1. The van der Waals surface area contributed by atoms with Gasteiger partial charge in [0.25, 0.3) is 5.91 Å². The van der Waals surface area contributed by atoms with Crippen LogP contribution in [0, 0.1) is 11.8 Å². The Morgan fingerprint density at radius 2 is 2.19 bits per heavy atom. The maximum atomic E-state index is 11.9. The maximum Gasteiger partial charge on any atom is 0.269 e. The molecule has 5 heteroatoms. The fourth-order valence-electron chi connectivity index (χ4n) is 1.92. The van der Waals surface area contributed by atoms with E-state index in [0.29, 0.717) is 18.8 Å². The van der Waals surface area contributed by atoms with Gasteiger partial charge < -0.3 is 16.0 Å². The van der Waals surface area contributed by atoms with Gasteiger partial charge in [-0.2, -0.15) is 0 Å². The van der Waals surface area contributed by atoms with Crippen LogP contribution in [0.5, 0.6) is 0 Å². The summed E-state index contributed by atoms with van der Waals surface area (Å²) in [5.41, 5.74) is 6.47. The molecule has 0 radical (unpaired) electrons. The molecule has 0 bridgehead atoms. The van der Waals surface area contributed by atoms with Crippen LogP contribution >= 0.6 is 0 Å². The van der Waals surface area contributed by atoms with Gasteiger partial charge in [-0.3, -0.25) is 4.79 Å². The molecule has 114 valence electrons. The average Bonchev–Trinajstić information content (AvgIpc) is 2.52. The van der Waals surface area contributed by atoms with E-state index in [9.17, 15) is 4.79 Å². The van der Waals surface area contributed by atoms with Gasteiger partial charge in [0.1, 0.15) is 5.69 Å². The fourth-order valence-corrected chi connectivity index (χ4v) is 1.92. The van der Waals surface area contributed by atoms with Crippen LogP contribution in [0.15, 0.2) is 18.3 Å². The molecule has 0 saturated carbocycles. The van der Waals surface area contributed by atoms with Crippen molar-refractivity contribution < 1.29 is 4.79 Å². The Balaban J connectivity index is 2.45. The molecule has 0 saturated heterocycles. The van der Waals surface area contributed by atoms with Crippen LogP contribution in [-0.2, 0) is 0 Å². The van der Waals surface area contributed by atoms with Gasteiger partial charge in [-0.1, -0.05) is 25.7 Å². The molecule has 21 heavy (non-hydrogen) atoms. The topological polar surface area (TPSA) is 71.2 Å². The molecule has 0 aromatic carbocycles. The quantitative estimate of drug-likeness (QED) is 0.730. The van der Waals surface area contributed by atoms with Crippen LogP contribution in [0.1, 0.15) is 36.3 Å². The molecule has 0 fully saturated rings. The van der Waals surface area contributed by atoms with Crippen molar-refractivity contribution in [2.75, 3.05) is 32.7 Å². The fraction of sp³-hybridized carbons (Fsp3) is 0.500. The van der Waals surface area contributed by atoms with Crippen LogP contribution < -0.4 is 11.1 Å². The van der Waals surface area contributed by atoms with Gasteiger partial charge in [-0.15, -0.1) is 0 Å². The smallest absolute Gasteiger partial charge is 0.269 e. The molecular formula is C16H24N4O. The summed E-state index contributed by atoms with van der Waals surface area (Å²) in [6.45, 7) is 8.13. The summed E-state index contributed by atoms with van der Waals surface area (Å²) < 4.78 is 0. The summed E-state index contributed by atoms with van der Waals surface area (Å²) in [6, 6.07) is 3.46. The van der Waals surface area contributed by atoms with Gasteiger partial charge in [-0.25, -0.2) is 4.98 Å². The van der Waals surface area contributed by atoms with Crippen molar-refractivity contribution in [1.82, 2.24) is 15.2 Å². The number of pyridine rings is 1. The Labute approximate surface area is 126 Å². The van der Waals surface area contributed by atoms with Crippen LogP contribution in [0.25, 0.3) is 0 Å². The minimum atomic E-state index is -0.152. The van der Waals surface area contributed by atoms with Crippen molar-refractivity contribution in [2.24, 2.45) is 5.73 Å². The Kier molecular flexibility index (Phi) is 8.10. The van der Waals surface area contributed by atoms with Crippen LogP contribution in [-0.4, -0.2) is 48.5 Å². The van der Waals surface area contributed by atoms with E-state index in [1.807, 2.05) is 0 Å². The summed E-state index contributed by atoms with van der Waals surface area (Å²) in [5, 5.41) is 2.89. The number of aromatic nitrogens is 1. The molecule has 1 aromatic heterocycles. The second-order valence-electron chi connectivity index (χ2n) is 4.63. The molecule has 0 aliphatic carbocycles. The Morgan fingerprint density at radius 3 is 2.76 bits per heavy atom. The zero-order valence-corrected chi connectivity index (χ0v) is 12.9. The van der Waals surface area contributed by atoms with Crippen molar-refractivity contribution in [2.45, 2.75) is 20.3 Å². The van der Waals surface area contributed by atoms with Crippen molar-refractivity contribution >= 4 is 5.91 Å². The number of nitrogens with zero attached hydrogens (tertiary/aromatic N) is 2. The molecule has 0 aliphatic rings. The summed E-state index contributed by atoms with van der Waals surface area (Å²) in [4.78, 5) is 18.4. The number of carbonyl (C=O) groups is 1. The number of nitrogens with two attached hydrogens (primary N) is 1. The van der Waals surface area contributed by atoms with E-state index in [4.69, 9.17) is 5.73 Å². The molecule has 5 nitrogen and oxygen atoms in total. The average molecular weight is 288 g/mol. The van der Waals surface area contributed by atoms with E-state index < -0.39 is 0 Å². The van der Waals surface area contributed by atoms with Gasteiger partial charge in [0.05, 0.1) is 6.54 Å². The monoisotopic (exact) mass is 288 g/mol. The Bertz CT molecular complexity index is 487. The summed E-state index contributed by atoms with van der Waals surface area (Å²) in [7, 11) is 0. The van der Waals surface area contributed by atoms with Gasteiger partial charge in [-0.05, 0) is 31.6 Å². The van der Waals surface area contributed by atoms with E-state index >= 15 is 0 Å². The molecule has 0 unspecified atom stereocenters. The molecule has 3 N–H and O–H groups in total. The first-order chi connectivity index (χ1) is 10.2. The number of likely N-dealkylation sites (N-methyl/N-ethyl adjacent to an activating group) is 1. The highest BCUT2D eigenvalue weighted by molar-refractivity contribution is 5.92. The van der Waals surface area contributed by atoms with Crippen LogP contribution in [0.2, 0.25) is 0 Å². The largest absolute Gasteiger partial charge is 0.349 e. The number of rotatable bonds is 7. The lowest BCUT2D eigenvalue weighted by molar-refractivity contribution is 0.0943. The van der Waals surface area contributed by atoms with Gasteiger partial charge in [0.15, 0.2) is 0 Å². The molecule has 0 spiro atoms. The standard InChI is InChI=1S/C16H24N4O/c1-3-11-20(4-2)12-10-18-16(21)15-8-7-14(13-19-15)6-5-9-17/h7-8,13H,3-4,9-12,17H2,1-2H3,(H,18,21). The van der Waals surface area contributed by atoms with E-state index in [1.165, 1.54) is 0 Å². The first-order valence-electron chi connectivity index (χ1n) is 7.36. The predicted molar refractivity (Wildman–Crippen MR) is 84.9 cm³/mol. The van der Waals surface area contributed by atoms with Crippen molar-refractivity contribution in [3.8, 4) is 11.8 Å². The third-order valence-corrected chi connectivity index (χ3v) is 3.03. The number of hydrogen-bond acceptors (Lipinski definition) is 4. The first-order valence-corrected chi connectivity index (χ1v) is 7.36. The van der Waals surface area contributed by atoms with Crippen molar-refractivity contribution in [3.63, 3.8) is 0 Å². The predicted octanol–water partition coefficient (Wildman–Crippen LogP) is 0.854. The lowest BCUT2D eigenvalue weighted by atomic mass is 10.2. The number of carbonyl (C=O) groups excluding carboxylic acids is 1.